The minimum Gasteiger partial charge on any atom is -0.347 e. The number of rotatable bonds is 5. The smallest absolute Gasteiger partial charge is 0.239 e. The maximum absolute atomic E-state index is 12.5. The average Bonchev–Trinajstić information content (AvgIpc) is 3.17. The molecule has 1 aliphatic heterocycles. The molecule has 4 rings (SSSR count). The molecule has 5 heteroatoms. The van der Waals surface area contributed by atoms with Gasteiger partial charge in [0.15, 0.2) is 0 Å². The van der Waals surface area contributed by atoms with E-state index in [1.807, 2.05) is 33.2 Å². The van der Waals surface area contributed by atoms with Gasteiger partial charge in [0.25, 0.3) is 0 Å². The predicted molar refractivity (Wildman–Crippen MR) is 115 cm³/mol. The zero-order valence-electron chi connectivity index (χ0n) is 17.3. The van der Waals surface area contributed by atoms with Crippen LogP contribution in [0.15, 0.2) is 60.7 Å². The van der Waals surface area contributed by atoms with Crippen LogP contribution in [-0.4, -0.2) is 52.6 Å². The highest BCUT2D eigenvalue weighted by atomic mass is 16.2. The molecule has 1 aromatic heterocycles. The van der Waals surface area contributed by atoms with Gasteiger partial charge in [-0.05, 0) is 18.1 Å². The Balaban J connectivity index is 1.72. The molecule has 0 unspecified atom stereocenters. The minimum atomic E-state index is -0.146. The van der Waals surface area contributed by atoms with Crippen LogP contribution in [0, 0.1) is 0 Å². The van der Waals surface area contributed by atoms with Crippen molar-refractivity contribution in [1.82, 2.24) is 20.0 Å². The fourth-order valence-corrected chi connectivity index (χ4v) is 4.24. The van der Waals surface area contributed by atoms with Gasteiger partial charge in [0.2, 0.25) is 5.91 Å². The third-order valence-corrected chi connectivity index (χ3v) is 5.88. The molecule has 0 saturated carbocycles. The molecule has 1 aliphatic rings. The number of benzene rings is 2. The van der Waals surface area contributed by atoms with Gasteiger partial charge in [-0.1, -0.05) is 60.7 Å². The first kappa shape index (κ1) is 19.4. The Bertz CT molecular complexity index is 926. The summed E-state index contributed by atoms with van der Waals surface area (Å²) in [5.74, 6) is 0.207. The molecule has 1 atom stereocenters. The normalized spacial score (nSPS) is 15.2. The summed E-state index contributed by atoms with van der Waals surface area (Å²) in [5, 5.41) is 8.06. The van der Waals surface area contributed by atoms with Crippen LogP contribution in [0.5, 0.6) is 0 Å². The highest BCUT2D eigenvalue weighted by Gasteiger charge is 2.32. The van der Waals surface area contributed by atoms with E-state index >= 15 is 0 Å². The van der Waals surface area contributed by atoms with E-state index in [1.165, 1.54) is 22.4 Å². The number of fused-ring (bicyclic) bond motifs is 1. The van der Waals surface area contributed by atoms with Crippen molar-refractivity contribution >= 4 is 5.91 Å². The van der Waals surface area contributed by atoms with Crippen LogP contribution in [0.25, 0.3) is 0 Å². The standard InChI is InChI=1S/C24H28N4O/c1-17(24(29)27(2)3)28-15-14-21-20(16-28)23(26-25-21)22(18-10-6-4-7-11-18)19-12-8-5-9-13-19/h4-13,17,22H,14-16H2,1-3H3,(H,25,26)/t17-/m1/s1. The summed E-state index contributed by atoms with van der Waals surface area (Å²) in [6, 6.07) is 20.9. The Morgan fingerprint density at radius 2 is 1.62 bits per heavy atom. The van der Waals surface area contributed by atoms with Crippen molar-refractivity contribution in [3.05, 3.63) is 88.7 Å². The molecular weight excluding hydrogens is 360 g/mol. The van der Waals surface area contributed by atoms with Crippen molar-refractivity contribution in [3.63, 3.8) is 0 Å². The van der Waals surface area contributed by atoms with Crippen molar-refractivity contribution in [3.8, 4) is 0 Å². The lowest BCUT2D eigenvalue weighted by molar-refractivity contribution is -0.134. The van der Waals surface area contributed by atoms with Gasteiger partial charge in [0.05, 0.1) is 17.7 Å². The van der Waals surface area contributed by atoms with E-state index in [1.54, 1.807) is 4.90 Å². The summed E-state index contributed by atoms with van der Waals surface area (Å²) in [7, 11) is 3.64. The summed E-state index contributed by atoms with van der Waals surface area (Å²) in [5.41, 5.74) is 5.93. The van der Waals surface area contributed by atoms with Gasteiger partial charge in [-0.3, -0.25) is 14.8 Å². The van der Waals surface area contributed by atoms with Gasteiger partial charge in [-0.15, -0.1) is 0 Å². The number of carbonyl (C=O) groups excluding carboxylic acids is 1. The number of hydrogen-bond donors (Lipinski definition) is 1. The SMILES string of the molecule is C[C@H](C(=O)N(C)C)N1CCc2[nH]nc(C(c3ccccc3)c3ccccc3)c2C1. The van der Waals surface area contributed by atoms with Crippen LogP contribution in [0.4, 0.5) is 0 Å². The summed E-state index contributed by atoms with van der Waals surface area (Å²) < 4.78 is 0. The number of nitrogens with zero attached hydrogens (tertiary/aromatic N) is 3. The monoisotopic (exact) mass is 388 g/mol. The number of likely N-dealkylation sites (N-methyl/N-ethyl adjacent to an activating group) is 1. The number of aromatic nitrogens is 2. The van der Waals surface area contributed by atoms with Crippen molar-refractivity contribution in [2.45, 2.75) is 31.8 Å². The second kappa shape index (κ2) is 8.21. The quantitative estimate of drug-likeness (QED) is 0.729. The van der Waals surface area contributed by atoms with Gasteiger partial charge in [0, 0.05) is 44.9 Å². The lowest BCUT2D eigenvalue weighted by Crippen LogP contribution is -2.46. The van der Waals surface area contributed by atoms with Crippen molar-refractivity contribution in [1.29, 1.82) is 0 Å². The minimum absolute atomic E-state index is 0.0669. The molecule has 0 saturated heterocycles. The van der Waals surface area contributed by atoms with Gasteiger partial charge >= 0.3 is 0 Å². The number of nitrogens with one attached hydrogen (secondary N) is 1. The summed E-state index contributed by atoms with van der Waals surface area (Å²) >= 11 is 0. The maximum atomic E-state index is 12.5. The second-order valence-corrected chi connectivity index (χ2v) is 7.95. The fraction of sp³-hybridized carbons (Fsp3) is 0.333. The molecule has 2 aromatic carbocycles. The third kappa shape index (κ3) is 3.83. The van der Waals surface area contributed by atoms with Crippen molar-refractivity contribution in [2.24, 2.45) is 0 Å². The zero-order valence-corrected chi connectivity index (χ0v) is 17.3. The number of carbonyl (C=O) groups is 1. The van der Waals surface area contributed by atoms with Crippen LogP contribution in [0.2, 0.25) is 0 Å². The Labute approximate surface area is 172 Å². The van der Waals surface area contributed by atoms with E-state index in [2.05, 4.69) is 58.5 Å². The first-order chi connectivity index (χ1) is 14.1. The fourth-order valence-electron chi connectivity index (χ4n) is 4.24. The number of hydrogen-bond acceptors (Lipinski definition) is 3. The maximum Gasteiger partial charge on any atom is 0.239 e. The molecule has 0 fully saturated rings. The van der Waals surface area contributed by atoms with E-state index in [4.69, 9.17) is 5.10 Å². The van der Waals surface area contributed by atoms with Crippen molar-refractivity contribution in [2.75, 3.05) is 20.6 Å². The molecule has 0 radical (unpaired) electrons. The summed E-state index contributed by atoms with van der Waals surface area (Å²) in [6.07, 6.45) is 0.879. The van der Waals surface area contributed by atoms with Crippen molar-refractivity contribution < 1.29 is 4.79 Å². The largest absolute Gasteiger partial charge is 0.347 e. The van der Waals surface area contributed by atoms with E-state index in [0.29, 0.717) is 0 Å². The predicted octanol–water partition coefficient (Wildman–Crippen LogP) is 3.42. The van der Waals surface area contributed by atoms with E-state index < -0.39 is 0 Å². The molecule has 0 spiro atoms. The molecular formula is C24H28N4O. The number of aromatic amines is 1. The van der Waals surface area contributed by atoms with Crippen LogP contribution >= 0.6 is 0 Å². The zero-order chi connectivity index (χ0) is 20.4. The first-order valence-electron chi connectivity index (χ1n) is 10.2. The highest BCUT2D eigenvalue weighted by Crippen LogP contribution is 2.35. The van der Waals surface area contributed by atoms with Gasteiger partial charge in [-0.2, -0.15) is 5.10 Å². The van der Waals surface area contributed by atoms with Crippen LogP contribution in [-0.2, 0) is 17.8 Å². The molecule has 5 nitrogen and oxygen atoms in total. The molecule has 3 aromatic rings. The van der Waals surface area contributed by atoms with E-state index in [-0.39, 0.29) is 17.9 Å². The molecule has 150 valence electrons. The first-order valence-corrected chi connectivity index (χ1v) is 10.2. The molecule has 2 heterocycles. The second-order valence-electron chi connectivity index (χ2n) is 7.95. The number of amides is 1. The summed E-state index contributed by atoms with van der Waals surface area (Å²) in [6.45, 7) is 3.59. The highest BCUT2D eigenvalue weighted by molar-refractivity contribution is 5.81. The van der Waals surface area contributed by atoms with Crippen LogP contribution in [0.3, 0.4) is 0 Å². The Morgan fingerprint density at radius 3 is 2.17 bits per heavy atom. The Morgan fingerprint density at radius 1 is 1.03 bits per heavy atom. The topological polar surface area (TPSA) is 52.2 Å². The Hall–Kier alpha value is -2.92. The third-order valence-electron chi connectivity index (χ3n) is 5.88. The van der Waals surface area contributed by atoms with Crippen LogP contribution < -0.4 is 0 Å². The molecule has 1 amide bonds. The lowest BCUT2D eigenvalue weighted by atomic mass is 9.85. The Kier molecular flexibility index (Phi) is 5.49. The lowest BCUT2D eigenvalue weighted by Gasteiger charge is -2.33. The van der Waals surface area contributed by atoms with Gasteiger partial charge in [-0.25, -0.2) is 0 Å². The molecule has 0 aliphatic carbocycles. The van der Waals surface area contributed by atoms with E-state index in [9.17, 15) is 4.79 Å². The number of H-pyrrole nitrogens is 1. The molecule has 0 bridgehead atoms. The average molecular weight is 389 g/mol. The van der Waals surface area contributed by atoms with Gasteiger partial charge in [0.1, 0.15) is 0 Å². The molecule has 1 N–H and O–H groups in total. The van der Waals surface area contributed by atoms with Crippen LogP contribution in [0.1, 0.15) is 40.9 Å². The van der Waals surface area contributed by atoms with E-state index in [0.717, 1.165) is 25.2 Å². The molecule has 29 heavy (non-hydrogen) atoms. The van der Waals surface area contributed by atoms with Gasteiger partial charge < -0.3 is 4.90 Å². The summed E-state index contributed by atoms with van der Waals surface area (Å²) in [4.78, 5) is 16.4.